The first kappa shape index (κ1) is 17.6. The Morgan fingerprint density at radius 2 is 2.04 bits per heavy atom. The number of carbonyl (C=O) groups excluding carboxylic acids is 1. The summed E-state index contributed by atoms with van der Waals surface area (Å²) in [5.41, 5.74) is 1.02. The molecule has 0 spiro atoms. The highest BCUT2D eigenvalue weighted by atomic mass is 35.5. The molecule has 0 atom stereocenters. The number of ether oxygens (including phenoxy) is 1. The maximum absolute atomic E-state index is 11.9. The number of halogens is 1. The lowest BCUT2D eigenvalue weighted by Gasteiger charge is -2.12. The van der Waals surface area contributed by atoms with E-state index in [4.69, 9.17) is 16.3 Å². The van der Waals surface area contributed by atoms with Crippen LogP contribution in [0.3, 0.4) is 0 Å². The van der Waals surface area contributed by atoms with E-state index in [0.717, 1.165) is 12.0 Å². The van der Waals surface area contributed by atoms with Gasteiger partial charge in [0.2, 0.25) is 0 Å². The van der Waals surface area contributed by atoms with Gasteiger partial charge in [-0.15, -0.1) is 0 Å². The summed E-state index contributed by atoms with van der Waals surface area (Å²) in [7, 11) is 0. The average Bonchev–Trinajstić information content (AvgIpc) is 2.57. The second kappa shape index (κ2) is 8.16. The summed E-state index contributed by atoms with van der Waals surface area (Å²) < 4.78 is 5.52. The number of nitrogens with one attached hydrogen (secondary N) is 2. The number of non-ortho nitro benzene ring substituents is 1. The molecule has 0 saturated heterocycles. The van der Waals surface area contributed by atoms with Crippen molar-refractivity contribution in [1.29, 1.82) is 0 Å². The summed E-state index contributed by atoms with van der Waals surface area (Å²) in [4.78, 5) is 22.0. The van der Waals surface area contributed by atoms with Crippen LogP contribution in [0.1, 0.15) is 12.5 Å². The lowest BCUT2D eigenvalue weighted by molar-refractivity contribution is -0.384. The summed E-state index contributed by atoms with van der Waals surface area (Å²) in [5.74, 6) is 0.689. The van der Waals surface area contributed by atoms with Crippen molar-refractivity contribution < 1.29 is 14.5 Å². The molecule has 2 N–H and O–H groups in total. The molecule has 2 aromatic carbocycles. The molecule has 2 rings (SSSR count). The van der Waals surface area contributed by atoms with Gasteiger partial charge in [-0.3, -0.25) is 10.1 Å². The molecule has 0 saturated carbocycles. The first-order valence-corrected chi connectivity index (χ1v) is 7.58. The fourth-order valence-corrected chi connectivity index (χ4v) is 2.17. The molecule has 0 fully saturated rings. The first-order chi connectivity index (χ1) is 11.5. The second-order valence-corrected chi connectivity index (χ2v) is 5.21. The monoisotopic (exact) mass is 349 g/mol. The molecule has 0 aliphatic heterocycles. The predicted octanol–water partition coefficient (Wildman–Crippen LogP) is 3.97. The van der Waals surface area contributed by atoms with Crippen molar-refractivity contribution in [2.45, 2.75) is 13.3 Å². The highest BCUT2D eigenvalue weighted by Crippen LogP contribution is 2.26. The Morgan fingerprint density at radius 3 is 2.75 bits per heavy atom. The molecule has 126 valence electrons. The number of benzene rings is 2. The first-order valence-electron chi connectivity index (χ1n) is 7.20. The minimum absolute atomic E-state index is 0.0462. The van der Waals surface area contributed by atoms with E-state index in [1.165, 1.54) is 18.2 Å². The summed E-state index contributed by atoms with van der Waals surface area (Å²) >= 11 is 5.92. The molecule has 0 heterocycles. The standard InChI is InChI=1S/C16H16ClN3O4/c1-2-11-5-3-4-6-15(11)24-10-18-16(21)19-14-9-12(20(22)23)7-8-13(14)17/h3-9H,2,10H2,1H3,(H2,18,19,21). The lowest BCUT2D eigenvalue weighted by atomic mass is 10.1. The number of hydrogen-bond acceptors (Lipinski definition) is 4. The van der Waals surface area contributed by atoms with Crippen LogP contribution in [0.15, 0.2) is 42.5 Å². The third-order valence-electron chi connectivity index (χ3n) is 3.22. The van der Waals surface area contributed by atoms with Gasteiger partial charge in [-0.05, 0) is 24.1 Å². The van der Waals surface area contributed by atoms with Crippen molar-refractivity contribution in [2.24, 2.45) is 0 Å². The van der Waals surface area contributed by atoms with E-state index in [0.29, 0.717) is 5.75 Å². The largest absolute Gasteiger partial charge is 0.473 e. The third kappa shape index (κ3) is 4.60. The molecule has 2 amide bonds. The summed E-state index contributed by atoms with van der Waals surface area (Å²) in [5, 5.41) is 15.9. The van der Waals surface area contributed by atoms with Crippen LogP contribution in [-0.4, -0.2) is 17.7 Å². The number of amides is 2. The molecule has 0 aliphatic carbocycles. The van der Waals surface area contributed by atoms with Crippen molar-refractivity contribution in [3.8, 4) is 5.75 Å². The van der Waals surface area contributed by atoms with Gasteiger partial charge in [-0.25, -0.2) is 4.79 Å². The van der Waals surface area contributed by atoms with Gasteiger partial charge in [0.05, 0.1) is 15.6 Å². The zero-order valence-electron chi connectivity index (χ0n) is 12.9. The number of urea groups is 1. The van der Waals surface area contributed by atoms with Crippen LogP contribution in [0.25, 0.3) is 0 Å². The van der Waals surface area contributed by atoms with Crippen molar-refractivity contribution in [2.75, 3.05) is 12.0 Å². The fraction of sp³-hybridized carbons (Fsp3) is 0.188. The highest BCUT2D eigenvalue weighted by Gasteiger charge is 2.12. The fourth-order valence-electron chi connectivity index (χ4n) is 2.01. The number of nitrogens with zero attached hydrogens (tertiary/aromatic N) is 1. The Balaban J connectivity index is 1.92. The van der Waals surface area contributed by atoms with Crippen molar-refractivity contribution in [3.63, 3.8) is 0 Å². The number of carbonyl (C=O) groups is 1. The number of anilines is 1. The van der Waals surface area contributed by atoms with E-state index >= 15 is 0 Å². The molecule has 0 aromatic heterocycles. The quantitative estimate of drug-likeness (QED) is 0.468. The van der Waals surface area contributed by atoms with Crippen LogP contribution in [0.2, 0.25) is 5.02 Å². The third-order valence-corrected chi connectivity index (χ3v) is 3.55. The van der Waals surface area contributed by atoms with Crippen LogP contribution in [0.5, 0.6) is 5.75 Å². The van der Waals surface area contributed by atoms with Gasteiger partial charge in [0, 0.05) is 12.1 Å². The highest BCUT2D eigenvalue weighted by molar-refractivity contribution is 6.33. The maximum Gasteiger partial charge on any atom is 0.321 e. The van der Waals surface area contributed by atoms with Crippen molar-refractivity contribution in [3.05, 3.63) is 63.2 Å². The molecule has 8 heteroatoms. The Labute approximate surface area is 143 Å². The Morgan fingerprint density at radius 1 is 1.29 bits per heavy atom. The number of nitro groups is 1. The van der Waals surface area contributed by atoms with Gasteiger partial charge in [0.25, 0.3) is 5.69 Å². The van der Waals surface area contributed by atoms with Crippen molar-refractivity contribution in [1.82, 2.24) is 5.32 Å². The van der Waals surface area contributed by atoms with E-state index in [-0.39, 0.29) is 23.1 Å². The zero-order valence-corrected chi connectivity index (χ0v) is 13.7. The summed E-state index contributed by atoms with van der Waals surface area (Å²) in [6.07, 6.45) is 0.811. The Hall–Kier alpha value is -2.80. The number of para-hydroxylation sites is 1. The second-order valence-electron chi connectivity index (χ2n) is 4.80. The number of aryl methyl sites for hydroxylation is 1. The van der Waals surface area contributed by atoms with Gasteiger partial charge in [-0.1, -0.05) is 36.7 Å². The molecule has 7 nitrogen and oxygen atoms in total. The molecular weight excluding hydrogens is 334 g/mol. The minimum Gasteiger partial charge on any atom is -0.473 e. The van der Waals surface area contributed by atoms with Crippen LogP contribution in [-0.2, 0) is 6.42 Å². The minimum atomic E-state index is -0.577. The van der Waals surface area contributed by atoms with Crippen LogP contribution in [0.4, 0.5) is 16.2 Å². The van der Waals surface area contributed by atoms with E-state index < -0.39 is 11.0 Å². The average molecular weight is 350 g/mol. The van der Waals surface area contributed by atoms with Crippen molar-refractivity contribution >= 4 is 29.0 Å². The van der Waals surface area contributed by atoms with Gasteiger partial charge >= 0.3 is 6.03 Å². The van der Waals surface area contributed by atoms with Gasteiger partial charge < -0.3 is 15.4 Å². The number of rotatable bonds is 6. The molecular formula is C16H16ClN3O4. The lowest BCUT2D eigenvalue weighted by Crippen LogP contribution is -2.32. The molecule has 0 aliphatic rings. The summed E-state index contributed by atoms with van der Waals surface area (Å²) in [6.45, 7) is 1.96. The Bertz CT molecular complexity index is 752. The number of nitro benzene ring substituents is 1. The Kier molecular flexibility index (Phi) is 5.97. The van der Waals surface area contributed by atoms with E-state index in [1.54, 1.807) is 0 Å². The van der Waals surface area contributed by atoms with Crippen LogP contribution < -0.4 is 15.4 Å². The maximum atomic E-state index is 11.9. The SMILES string of the molecule is CCc1ccccc1OCNC(=O)Nc1cc([N+](=O)[O-])ccc1Cl. The van der Waals surface area contributed by atoms with Gasteiger partial charge in [0.15, 0.2) is 6.73 Å². The molecule has 0 radical (unpaired) electrons. The van der Waals surface area contributed by atoms with E-state index in [1.807, 2.05) is 31.2 Å². The summed E-state index contributed by atoms with van der Waals surface area (Å²) in [6, 6.07) is 10.7. The normalized spacial score (nSPS) is 10.1. The van der Waals surface area contributed by atoms with Crippen LogP contribution in [0, 0.1) is 10.1 Å². The van der Waals surface area contributed by atoms with Crippen LogP contribution >= 0.6 is 11.6 Å². The van der Waals surface area contributed by atoms with Gasteiger partial charge in [-0.2, -0.15) is 0 Å². The predicted molar refractivity (Wildman–Crippen MR) is 91.6 cm³/mol. The van der Waals surface area contributed by atoms with E-state index in [9.17, 15) is 14.9 Å². The zero-order chi connectivity index (χ0) is 17.5. The topological polar surface area (TPSA) is 93.5 Å². The molecule has 2 aromatic rings. The molecule has 0 unspecified atom stereocenters. The van der Waals surface area contributed by atoms with Gasteiger partial charge in [0.1, 0.15) is 5.75 Å². The molecule has 0 bridgehead atoms. The number of hydrogen-bond donors (Lipinski definition) is 2. The van der Waals surface area contributed by atoms with E-state index in [2.05, 4.69) is 10.6 Å². The molecule has 24 heavy (non-hydrogen) atoms. The smallest absolute Gasteiger partial charge is 0.321 e.